The number of hydrogen-bond acceptors (Lipinski definition) is 7. The molecule has 0 aliphatic heterocycles. The van der Waals surface area contributed by atoms with Gasteiger partial charge in [-0.1, -0.05) is 74.4 Å². The fourth-order valence-corrected chi connectivity index (χ4v) is 4.28. The van der Waals surface area contributed by atoms with Crippen molar-refractivity contribution in [2.75, 3.05) is 6.54 Å². The number of alkyl halides is 3. The molecule has 18 heteroatoms. The van der Waals surface area contributed by atoms with Crippen LogP contribution in [0.1, 0.15) is 55.7 Å². The van der Waals surface area contributed by atoms with Gasteiger partial charge in [0.1, 0.15) is 23.8 Å². The summed E-state index contributed by atoms with van der Waals surface area (Å²) in [7, 11) is 0. The van der Waals surface area contributed by atoms with E-state index in [4.69, 9.17) is 32.2 Å². The number of nitrogens with two attached hydrogens (primary N) is 2. The van der Waals surface area contributed by atoms with Crippen LogP contribution in [0.5, 0.6) is 0 Å². The van der Waals surface area contributed by atoms with Crippen molar-refractivity contribution in [2.45, 2.75) is 70.3 Å². The number of hydrogen-bond donors (Lipinski definition) is 10. The Morgan fingerprint density at radius 1 is 0.780 bits per heavy atom. The van der Waals surface area contributed by atoms with Gasteiger partial charge in [-0.25, -0.2) is 9.59 Å². The van der Waals surface area contributed by atoms with Gasteiger partial charge in [-0.2, -0.15) is 13.2 Å². The molecule has 2 aromatic carbocycles. The molecule has 0 saturated heterocycles. The van der Waals surface area contributed by atoms with Crippen molar-refractivity contribution >= 4 is 41.5 Å². The smallest absolute Gasteiger partial charge is 0.480 e. The standard InChI is InChI=1S/C30H42N8O5.C2HF3O2/c1-2-3-10-23(28(41)38-24(29(42)43)11-7-16-35-30(33)34)37-27(40)22(17-19-12-14-21(15-13-19)25(31)32)26(39)36-18-20-8-5-4-6-9-20;3-2(4,5)1(6)7/h4-6,8-9,12-15,22-24H,2-3,7,10-11,16-18H2,1H3,(H3,31,32)(H,36,39)(H,37,40)(H,38,41)(H,42,43)(H4,33,34,35);(H,6,7)/t22?,23-,24-;/m0./s1. The molecule has 0 saturated carbocycles. The molecule has 0 heterocycles. The number of nitrogens with one attached hydrogen (secondary N) is 6. The molecule has 15 nitrogen and oxygen atoms in total. The molecule has 12 N–H and O–H groups in total. The third kappa shape index (κ3) is 16.4. The first-order valence-electron chi connectivity index (χ1n) is 15.4. The minimum absolute atomic E-state index is 0.0215. The molecule has 0 radical (unpaired) electrons. The number of carboxylic acids is 2. The van der Waals surface area contributed by atoms with Crippen LogP contribution in [0.4, 0.5) is 13.2 Å². The Morgan fingerprint density at radius 3 is 1.84 bits per heavy atom. The summed E-state index contributed by atoms with van der Waals surface area (Å²) in [6.45, 7) is 2.38. The summed E-state index contributed by atoms with van der Waals surface area (Å²) in [5.74, 6) is -7.41. The molecule has 3 amide bonds. The second kappa shape index (κ2) is 21.3. The Balaban J connectivity index is 0.00000161. The second-order valence-electron chi connectivity index (χ2n) is 11.0. The number of amidine groups is 1. The van der Waals surface area contributed by atoms with E-state index >= 15 is 0 Å². The highest BCUT2D eigenvalue weighted by Crippen LogP contribution is 2.15. The van der Waals surface area contributed by atoms with Gasteiger partial charge in [0.15, 0.2) is 5.96 Å². The lowest BCUT2D eigenvalue weighted by molar-refractivity contribution is -0.192. The number of aliphatic carboxylic acids is 2. The number of nitrogen functional groups attached to an aromatic ring is 1. The Hall–Kier alpha value is -5.68. The summed E-state index contributed by atoms with van der Waals surface area (Å²) in [5, 5.41) is 42.1. The average Bonchev–Trinajstić information content (AvgIpc) is 3.05. The molecule has 50 heavy (non-hydrogen) atoms. The molecule has 0 aromatic heterocycles. The maximum absolute atomic E-state index is 13.6. The van der Waals surface area contributed by atoms with E-state index in [0.29, 0.717) is 24.0 Å². The summed E-state index contributed by atoms with van der Waals surface area (Å²) >= 11 is 0. The van der Waals surface area contributed by atoms with Crippen LogP contribution >= 0.6 is 0 Å². The number of unbranched alkanes of at least 4 members (excludes halogenated alkanes) is 1. The van der Waals surface area contributed by atoms with Crippen molar-refractivity contribution in [3.63, 3.8) is 0 Å². The summed E-state index contributed by atoms with van der Waals surface area (Å²) < 4.78 is 31.7. The van der Waals surface area contributed by atoms with Crippen LogP contribution < -0.4 is 32.7 Å². The van der Waals surface area contributed by atoms with Crippen LogP contribution in [0.15, 0.2) is 54.6 Å². The second-order valence-corrected chi connectivity index (χ2v) is 11.0. The molecular formula is C32H43F3N8O7. The average molecular weight is 709 g/mol. The molecule has 2 aromatic rings. The molecule has 0 bridgehead atoms. The third-order valence-corrected chi connectivity index (χ3v) is 6.97. The number of rotatable bonds is 18. The van der Waals surface area contributed by atoms with E-state index in [9.17, 15) is 37.5 Å². The quantitative estimate of drug-likeness (QED) is 0.0462. The van der Waals surface area contributed by atoms with Gasteiger partial charge in [0.2, 0.25) is 17.7 Å². The highest BCUT2D eigenvalue weighted by atomic mass is 19.4. The van der Waals surface area contributed by atoms with Crippen LogP contribution in [-0.4, -0.2) is 76.5 Å². The number of carbonyl (C=O) groups excluding carboxylic acids is 3. The van der Waals surface area contributed by atoms with Gasteiger partial charge in [0.25, 0.3) is 0 Å². The lowest BCUT2D eigenvalue weighted by atomic mass is 9.95. The van der Waals surface area contributed by atoms with E-state index in [1.165, 1.54) is 0 Å². The third-order valence-electron chi connectivity index (χ3n) is 6.97. The van der Waals surface area contributed by atoms with Crippen molar-refractivity contribution in [2.24, 2.45) is 17.4 Å². The van der Waals surface area contributed by atoms with Crippen molar-refractivity contribution in [1.82, 2.24) is 21.3 Å². The maximum Gasteiger partial charge on any atom is 0.490 e. The molecule has 3 atom stereocenters. The number of benzene rings is 2. The summed E-state index contributed by atoms with van der Waals surface area (Å²) in [5.41, 5.74) is 12.8. The summed E-state index contributed by atoms with van der Waals surface area (Å²) in [4.78, 5) is 60.8. The first kappa shape index (κ1) is 42.3. The van der Waals surface area contributed by atoms with Crippen LogP contribution in [0, 0.1) is 16.7 Å². The molecule has 0 spiro atoms. The molecular weight excluding hydrogens is 665 g/mol. The molecule has 274 valence electrons. The monoisotopic (exact) mass is 708 g/mol. The van der Waals surface area contributed by atoms with Gasteiger partial charge in [0.05, 0.1) is 0 Å². The number of guanidine groups is 1. The van der Waals surface area contributed by atoms with E-state index in [1.54, 1.807) is 24.3 Å². The SMILES string of the molecule is CCCC[C@H](NC(=O)C(Cc1ccc(C(=N)N)cc1)C(=O)NCc1ccccc1)C(=O)N[C@@H](CCCNC(=N)N)C(=O)O.O=C(O)C(F)(F)F. The van der Waals surface area contributed by atoms with E-state index < -0.39 is 53.8 Å². The zero-order valence-corrected chi connectivity index (χ0v) is 27.3. The molecule has 1 unspecified atom stereocenters. The predicted octanol–water partition coefficient (Wildman–Crippen LogP) is 1.59. The fourth-order valence-electron chi connectivity index (χ4n) is 4.28. The van der Waals surface area contributed by atoms with Crippen LogP contribution in [0.2, 0.25) is 0 Å². The molecule has 2 rings (SSSR count). The van der Waals surface area contributed by atoms with Gasteiger partial charge in [-0.3, -0.25) is 25.2 Å². The van der Waals surface area contributed by atoms with Crippen LogP contribution in [0.25, 0.3) is 0 Å². The van der Waals surface area contributed by atoms with Crippen molar-refractivity contribution in [3.05, 3.63) is 71.3 Å². The van der Waals surface area contributed by atoms with Gasteiger partial charge in [0, 0.05) is 18.7 Å². The molecule has 0 aliphatic rings. The minimum Gasteiger partial charge on any atom is -0.480 e. The molecule has 0 fully saturated rings. The number of amides is 3. The fraction of sp³-hybridized carbons (Fsp3) is 0.406. The van der Waals surface area contributed by atoms with Crippen LogP contribution in [0.3, 0.4) is 0 Å². The lowest BCUT2D eigenvalue weighted by Gasteiger charge is -2.24. The van der Waals surface area contributed by atoms with E-state index in [-0.39, 0.29) is 44.1 Å². The lowest BCUT2D eigenvalue weighted by Crippen LogP contribution is -2.54. The van der Waals surface area contributed by atoms with Crippen molar-refractivity contribution < 1.29 is 47.4 Å². The van der Waals surface area contributed by atoms with Gasteiger partial charge in [-0.05, 0) is 36.8 Å². The Labute approximate surface area is 286 Å². The Bertz CT molecular complexity index is 1460. The van der Waals surface area contributed by atoms with E-state index in [1.807, 2.05) is 37.3 Å². The van der Waals surface area contributed by atoms with Gasteiger partial charge in [-0.15, -0.1) is 0 Å². The Kier molecular flexibility index (Phi) is 18.1. The first-order chi connectivity index (χ1) is 23.5. The minimum atomic E-state index is -5.08. The summed E-state index contributed by atoms with van der Waals surface area (Å²) in [6.07, 6.45) is -3.10. The van der Waals surface area contributed by atoms with E-state index in [2.05, 4.69) is 21.3 Å². The zero-order chi connectivity index (χ0) is 37.9. The zero-order valence-electron chi connectivity index (χ0n) is 27.3. The highest BCUT2D eigenvalue weighted by Gasteiger charge is 2.38. The summed E-state index contributed by atoms with van der Waals surface area (Å²) in [6, 6.07) is 13.6. The number of halogens is 3. The van der Waals surface area contributed by atoms with Gasteiger partial charge >= 0.3 is 18.1 Å². The normalized spacial score (nSPS) is 12.5. The van der Waals surface area contributed by atoms with Crippen LogP contribution in [-0.2, 0) is 36.9 Å². The maximum atomic E-state index is 13.6. The largest absolute Gasteiger partial charge is 0.490 e. The highest BCUT2D eigenvalue weighted by molar-refractivity contribution is 6.02. The van der Waals surface area contributed by atoms with Crippen molar-refractivity contribution in [1.29, 1.82) is 10.8 Å². The Morgan fingerprint density at radius 2 is 1.34 bits per heavy atom. The van der Waals surface area contributed by atoms with Gasteiger partial charge < -0.3 is 42.9 Å². The number of carboxylic acid groups (broad SMARTS) is 2. The first-order valence-corrected chi connectivity index (χ1v) is 15.4. The van der Waals surface area contributed by atoms with Crippen molar-refractivity contribution in [3.8, 4) is 0 Å². The topological polar surface area (TPSA) is 274 Å². The predicted molar refractivity (Wildman–Crippen MR) is 177 cm³/mol. The number of carbonyl (C=O) groups is 5. The molecule has 0 aliphatic carbocycles. The van der Waals surface area contributed by atoms with E-state index in [0.717, 1.165) is 12.0 Å².